The van der Waals surface area contributed by atoms with Crippen LogP contribution in [0.1, 0.15) is 17.2 Å². The summed E-state index contributed by atoms with van der Waals surface area (Å²) in [6.45, 7) is 0. The molecule has 1 unspecified atom stereocenters. The summed E-state index contributed by atoms with van der Waals surface area (Å²) in [6, 6.07) is 13.2. The van der Waals surface area contributed by atoms with E-state index in [2.05, 4.69) is 5.43 Å². The Balaban J connectivity index is 1.97. The maximum absolute atomic E-state index is 6.23. The van der Waals surface area contributed by atoms with Gasteiger partial charge in [-0.15, -0.1) is 0 Å². The Morgan fingerprint density at radius 1 is 1.14 bits per heavy atom. The van der Waals surface area contributed by atoms with Gasteiger partial charge < -0.3 is 4.42 Å². The molecule has 1 atom stereocenters. The molecule has 0 radical (unpaired) electrons. The first-order chi connectivity index (χ1) is 10.2. The number of hydrogen-bond acceptors (Lipinski definition) is 3. The number of hydrazine groups is 1. The summed E-state index contributed by atoms with van der Waals surface area (Å²) >= 11 is 12.3. The molecule has 0 saturated carbocycles. The topological polar surface area (TPSA) is 51.2 Å². The van der Waals surface area contributed by atoms with Gasteiger partial charge in [-0.3, -0.25) is 11.3 Å². The van der Waals surface area contributed by atoms with Crippen molar-refractivity contribution >= 4 is 34.2 Å². The molecule has 0 aliphatic heterocycles. The molecule has 2 aromatic carbocycles. The van der Waals surface area contributed by atoms with Crippen molar-refractivity contribution in [1.29, 1.82) is 0 Å². The first-order valence-corrected chi connectivity index (χ1v) is 7.31. The van der Waals surface area contributed by atoms with Crippen molar-refractivity contribution in [2.45, 2.75) is 12.5 Å². The minimum Gasteiger partial charge on any atom is -0.464 e. The number of hydrogen-bond donors (Lipinski definition) is 2. The lowest BCUT2D eigenvalue weighted by atomic mass is 9.99. The molecule has 1 aromatic heterocycles. The van der Waals surface area contributed by atoms with E-state index in [9.17, 15) is 0 Å². The Morgan fingerprint density at radius 2 is 1.95 bits per heavy atom. The van der Waals surface area contributed by atoms with Gasteiger partial charge in [-0.05, 0) is 36.2 Å². The van der Waals surface area contributed by atoms with Crippen molar-refractivity contribution < 1.29 is 4.42 Å². The number of nitrogens with two attached hydrogens (primary N) is 1. The van der Waals surface area contributed by atoms with Crippen molar-refractivity contribution in [1.82, 2.24) is 5.43 Å². The molecule has 0 amide bonds. The van der Waals surface area contributed by atoms with E-state index in [0.29, 0.717) is 16.5 Å². The molecule has 3 nitrogen and oxygen atoms in total. The molecule has 0 aliphatic carbocycles. The third-order valence-corrected chi connectivity index (χ3v) is 4.12. The fourth-order valence-electron chi connectivity index (χ4n) is 2.45. The summed E-state index contributed by atoms with van der Waals surface area (Å²) in [5.74, 6) is 5.72. The van der Waals surface area contributed by atoms with Crippen molar-refractivity contribution in [3.63, 3.8) is 0 Å². The Kier molecular flexibility index (Phi) is 4.17. The maximum atomic E-state index is 6.23. The van der Waals surface area contributed by atoms with Crippen LogP contribution in [0, 0.1) is 0 Å². The molecular formula is C16H14Cl2N2O. The fourth-order valence-corrected chi connectivity index (χ4v) is 2.84. The van der Waals surface area contributed by atoms with Gasteiger partial charge in [-0.2, -0.15) is 0 Å². The van der Waals surface area contributed by atoms with Gasteiger partial charge in [0, 0.05) is 21.0 Å². The van der Waals surface area contributed by atoms with E-state index in [1.165, 1.54) is 0 Å². The van der Waals surface area contributed by atoms with Crippen molar-refractivity contribution in [3.8, 4) is 0 Å². The summed E-state index contributed by atoms with van der Waals surface area (Å²) in [5, 5.41) is 2.37. The van der Waals surface area contributed by atoms with Crippen LogP contribution in [0.15, 0.2) is 53.1 Å². The van der Waals surface area contributed by atoms with Gasteiger partial charge in [0.15, 0.2) is 0 Å². The second-order valence-corrected chi connectivity index (χ2v) is 5.69. The van der Waals surface area contributed by atoms with Crippen LogP contribution < -0.4 is 11.3 Å². The first-order valence-electron chi connectivity index (χ1n) is 6.55. The van der Waals surface area contributed by atoms with Crippen LogP contribution in [0.3, 0.4) is 0 Å². The lowest BCUT2D eigenvalue weighted by Gasteiger charge is -2.16. The van der Waals surface area contributed by atoms with Gasteiger partial charge >= 0.3 is 0 Å². The SMILES string of the molecule is NNC(Cc1cc(Cl)ccc1Cl)c1coc2ccccc12. The Hall–Kier alpha value is -1.52. The maximum Gasteiger partial charge on any atom is 0.134 e. The van der Waals surface area contributed by atoms with Crippen LogP contribution >= 0.6 is 23.2 Å². The molecule has 108 valence electrons. The highest BCUT2D eigenvalue weighted by molar-refractivity contribution is 6.33. The zero-order chi connectivity index (χ0) is 14.8. The number of benzene rings is 2. The van der Waals surface area contributed by atoms with Crippen LogP contribution in [0.25, 0.3) is 11.0 Å². The van der Waals surface area contributed by atoms with Gasteiger partial charge in [-0.1, -0.05) is 41.4 Å². The Labute approximate surface area is 132 Å². The first kappa shape index (κ1) is 14.4. The highest BCUT2D eigenvalue weighted by Crippen LogP contribution is 2.30. The summed E-state index contributed by atoms with van der Waals surface area (Å²) < 4.78 is 5.57. The Morgan fingerprint density at radius 3 is 2.76 bits per heavy atom. The standard InChI is InChI=1S/C16H14Cl2N2O/c17-11-5-6-14(18)10(7-11)8-15(20-19)13-9-21-16-4-2-1-3-12(13)16/h1-7,9,15,20H,8,19H2. The second kappa shape index (κ2) is 6.08. The smallest absolute Gasteiger partial charge is 0.134 e. The van der Waals surface area contributed by atoms with E-state index >= 15 is 0 Å². The molecule has 3 rings (SSSR count). The summed E-state index contributed by atoms with van der Waals surface area (Å²) in [4.78, 5) is 0. The number of fused-ring (bicyclic) bond motifs is 1. The van der Waals surface area contributed by atoms with Crippen LogP contribution in [0.4, 0.5) is 0 Å². The van der Waals surface area contributed by atoms with Crippen molar-refractivity contribution in [3.05, 3.63) is 69.9 Å². The molecule has 1 heterocycles. The minimum atomic E-state index is -0.107. The number of nitrogens with one attached hydrogen (secondary N) is 1. The lowest BCUT2D eigenvalue weighted by molar-refractivity contribution is 0.537. The number of para-hydroxylation sites is 1. The normalized spacial score (nSPS) is 12.7. The average Bonchev–Trinajstić information content (AvgIpc) is 2.92. The summed E-state index contributed by atoms with van der Waals surface area (Å²) in [6.07, 6.45) is 2.35. The summed E-state index contributed by atoms with van der Waals surface area (Å²) in [5.41, 5.74) is 5.61. The molecular weight excluding hydrogens is 307 g/mol. The summed E-state index contributed by atoms with van der Waals surface area (Å²) in [7, 11) is 0. The van der Waals surface area contributed by atoms with E-state index in [0.717, 1.165) is 22.1 Å². The van der Waals surface area contributed by atoms with Crippen molar-refractivity contribution in [2.24, 2.45) is 5.84 Å². The molecule has 3 N–H and O–H groups in total. The van der Waals surface area contributed by atoms with E-state index < -0.39 is 0 Å². The quantitative estimate of drug-likeness (QED) is 0.550. The number of furan rings is 1. The third-order valence-electron chi connectivity index (χ3n) is 3.52. The zero-order valence-electron chi connectivity index (χ0n) is 11.1. The zero-order valence-corrected chi connectivity index (χ0v) is 12.7. The second-order valence-electron chi connectivity index (χ2n) is 4.85. The molecule has 0 spiro atoms. The van der Waals surface area contributed by atoms with Crippen LogP contribution in [0.2, 0.25) is 10.0 Å². The van der Waals surface area contributed by atoms with E-state index in [-0.39, 0.29) is 6.04 Å². The number of rotatable bonds is 4. The van der Waals surface area contributed by atoms with Crippen LogP contribution in [-0.2, 0) is 6.42 Å². The third kappa shape index (κ3) is 2.92. The molecule has 0 saturated heterocycles. The average molecular weight is 321 g/mol. The monoisotopic (exact) mass is 320 g/mol. The van der Waals surface area contributed by atoms with Gasteiger partial charge in [0.25, 0.3) is 0 Å². The van der Waals surface area contributed by atoms with Crippen LogP contribution in [-0.4, -0.2) is 0 Å². The lowest BCUT2D eigenvalue weighted by Crippen LogP contribution is -2.29. The van der Waals surface area contributed by atoms with Gasteiger partial charge in [0.1, 0.15) is 5.58 Å². The molecule has 0 bridgehead atoms. The van der Waals surface area contributed by atoms with Gasteiger partial charge in [-0.25, -0.2) is 0 Å². The molecule has 0 aliphatic rings. The molecule has 0 fully saturated rings. The van der Waals surface area contributed by atoms with E-state index in [1.54, 1.807) is 18.4 Å². The van der Waals surface area contributed by atoms with E-state index in [1.807, 2.05) is 30.3 Å². The van der Waals surface area contributed by atoms with Crippen LogP contribution in [0.5, 0.6) is 0 Å². The fraction of sp³-hybridized carbons (Fsp3) is 0.125. The number of halogens is 2. The predicted molar refractivity (Wildman–Crippen MR) is 86.4 cm³/mol. The highest BCUT2D eigenvalue weighted by atomic mass is 35.5. The largest absolute Gasteiger partial charge is 0.464 e. The molecule has 3 aromatic rings. The highest BCUT2D eigenvalue weighted by Gasteiger charge is 2.17. The molecule has 21 heavy (non-hydrogen) atoms. The van der Waals surface area contributed by atoms with Crippen molar-refractivity contribution in [2.75, 3.05) is 0 Å². The Bertz CT molecular complexity index is 770. The minimum absolute atomic E-state index is 0.107. The molecule has 5 heteroatoms. The predicted octanol–water partition coefficient (Wildman–Crippen LogP) is 4.49. The van der Waals surface area contributed by atoms with E-state index in [4.69, 9.17) is 33.5 Å². The van der Waals surface area contributed by atoms with Gasteiger partial charge in [0.2, 0.25) is 0 Å². The van der Waals surface area contributed by atoms with Gasteiger partial charge in [0.05, 0.1) is 12.3 Å².